The lowest BCUT2D eigenvalue weighted by atomic mass is 10.1. The minimum atomic E-state index is -3.82. The number of carbonyl (C=O) groups excluding carboxylic acids is 2. The molecule has 1 aromatic heterocycles. The molecule has 33 heavy (non-hydrogen) atoms. The number of hydrogen-bond acceptors (Lipinski definition) is 5. The first-order valence-corrected chi connectivity index (χ1v) is 12.9. The van der Waals surface area contributed by atoms with Gasteiger partial charge >= 0.3 is 0 Å². The van der Waals surface area contributed by atoms with E-state index in [-0.39, 0.29) is 29.3 Å². The van der Waals surface area contributed by atoms with Gasteiger partial charge in [0.25, 0.3) is 15.9 Å². The number of benzene rings is 2. The Kier molecular flexibility index (Phi) is 6.80. The van der Waals surface area contributed by atoms with Gasteiger partial charge in [-0.1, -0.05) is 24.3 Å². The third kappa shape index (κ3) is 5.09. The number of para-hydroxylation sites is 1. The maximum Gasteiger partial charge on any atom is 0.264 e. The lowest BCUT2D eigenvalue weighted by Gasteiger charge is -2.27. The van der Waals surface area contributed by atoms with E-state index in [2.05, 4.69) is 11.4 Å². The number of fused-ring (bicyclic) bond motifs is 1. The third-order valence-corrected chi connectivity index (χ3v) is 8.46. The molecule has 9 heteroatoms. The van der Waals surface area contributed by atoms with Crippen molar-refractivity contribution in [1.29, 1.82) is 0 Å². The van der Waals surface area contributed by atoms with Crippen LogP contribution in [0.25, 0.3) is 0 Å². The molecule has 0 bridgehead atoms. The van der Waals surface area contributed by atoms with Gasteiger partial charge in [0, 0.05) is 43.5 Å². The van der Waals surface area contributed by atoms with Gasteiger partial charge in [-0.25, -0.2) is 8.42 Å². The van der Waals surface area contributed by atoms with Crippen molar-refractivity contribution in [3.63, 3.8) is 0 Å². The zero-order valence-electron chi connectivity index (χ0n) is 18.2. The standard InChI is InChI=1S/C24H25N3O4S2/c1-26(20-7-3-2-4-8-20)33(30,31)21-9-5-6-18(16-21)24(29)25-13-10-23(28)27-14-11-22-19(17-27)12-15-32-22/h2-9,12,15-16H,10-11,13-14,17H2,1H3,(H,25,29). The summed E-state index contributed by atoms with van der Waals surface area (Å²) in [5.41, 5.74) is 1.95. The number of carbonyl (C=O) groups is 2. The molecule has 1 aliphatic heterocycles. The van der Waals surface area contributed by atoms with E-state index in [1.165, 1.54) is 40.0 Å². The SMILES string of the molecule is CN(c1ccccc1)S(=O)(=O)c1cccc(C(=O)NCCC(=O)N2CCc3sccc3C2)c1. The molecule has 0 saturated carbocycles. The topological polar surface area (TPSA) is 86.8 Å². The van der Waals surface area contributed by atoms with Crippen molar-refractivity contribution >= 4 is 38.9 Å². The fourth-order valence-corrected chi connectivity index (χ4v) is 5.87. The van der Waals surface area contributed by atoms with Gasteiger partial charge in [-0.05, 0) is 53.8 Å². The van der Waals surface area contributed by atoms with Gasteiger partial charge in [0.2, 0.25) is 5.91 Å². The predicted octanol–water partition coefficient (Wildman–Crippen LogP) is 3.28. The van der Waals surface area contributed by atoms with Crippen molar-refractivity contribution in [3.8, 4) is 0 Å². The van der Waals surface area contributed by atoms with Gasteiger partial charge in [0.1, 0.15) is 0 Å². The van der Waals surface area contributed by atoms with Crippen LogP contribution in [0.2, 0.25) is 0 Å². The van der Waals surface area contributed by atoms with Crippen LogP contribution in [-0.2, 0) is 27.8 Å². The van der Waals surface area contributed by atoms with Crippen molar-refractivity contribution in [2.75, 3.05) is 24.4 Å². The molecule has 0 unspecified atom stereocenters. The minimum Gasteiger partial charge on any atom is -0.352 e. The van der Waals surface area contributed by atoms with E-state index in [0.29, 0.717) is 18.8 Å². The molecule has 0 radical (unpaired) electrons. The highest BCUT2D eigenvalue weighted by Gasteiger charge is 2.23. The number of anilines is 1. The van der Waals surface area contributed by atoms with Crippen LogP contribution in [-0.4, -0.2) is 45.3 Å². The Labute approximate surface area is 197 Å². The zero-order chi connectivity index (χ0) is 23.4. The Morgan fingerprint density at radius 2 is 1.88 bits per heavy atom. The van der Waals surface area contributed by atoms with Crippen LogP contribution in [0.15, 0.2) is 70.9 Å². The predicted molar refractivity (Wildman–Crippen MR) is 129 cm³/mol. The van der Waals surface area contributed by atoms with E-state index in [1.54, 1.807) is 41.7 Å². The molecule has 0 aliphatic carbocycles. The van der Waals surface area contributed by atoms with E-state index in [1.807, 2.05) is 16.3 Å². The molecule has 7 nitrogen and oxygen atoms in total. The number of amides is 2. The monoisotopic (exact) mass is 483 g/mol. The second-order valence-corrected chi connectivity index (χ2v) is 10.7. The van der Waals surface area contributed by atoms with Crippen LogP contribution >= 0.6 is 11.3 Å². The number of nitrogens with one attached hydrogen (secondary N) is 1. The van der Waals surface area contributed by atoms with Crippen molar-refractivity contribution in [3.05, 3.63) is 82.0 Å². The number of thiophene rings is 1. The van der Waals surface area contributed by atoms with Crippen LogP contribution in [0.4, 0.5) is 5.69 Å². The maximum absolute atomic E-state index is 13.0. The fraction of sp³-hybridized carbons (Fsp3) is 0.250. The summed E-state index contributed by atoms with van der Waals surface area (Å²) in [5, 5.41) is 4.78. The second kappa shape index (κ2) is 9.76. The molecule has 1 aliphatic rings. The molecular weight excluding hydrogens is 458 g/mol. The van der Waals surface area contributed by atoms with Crippen molar-refractivity contribution < 1.29 is 18.0 Å². The molecule has 2 heterocycles. The first kappa shape index (κ1) is 23.0. The van der Waals surface area contributed by atoms with Gasteiger partial charge < -0.3 is 10.2 Å². The van der Waals surface area contributed by atoms with Gasteiger partial charge in [0.15, 0.2) is 0 Å². The summed E-state index contributed by atoms with van der Waals surface area (Å²) in [6.45, 7) is 1.49. The van der Waals surface area contributed by atoms with Gasteiger partial charge in [-0.2, -0.15) is 0 Å². The summed E-state index contributed by atoms with van der Waals surface area (Å²) in [6.07, 6.45) is 1.06. The summed E-state index contributed by atoms with van der Waals surface area (Å²) < 4.78 is 27.2. The Balaban J connectivity index is 1.35. The molecule has 0 saturated heterocycles. The van der Waals surface area contributed by atoms with E-state index in [0.717, 1.165) is 6.42 Å². The molecular formula is C24H25N3O4S2. The molecule has 4 rings (SSSR count). The highest BCUT2D eigenvalue weighted by molar-refractivity contribution is 7.92. The van der Waals surface area contributed by atoms with E-state index < -0.39 is 15.9 Å². The normalized spacial score (nSPS) is 13.3. The number of rotatable bonds is 7. The molecule has 0 atom stereocenters. The molecule has 0 fully saturated rings. The fourth-order valence-electron chi connectivity index (χ4n) is 3.74. The van der Waals surface area contributed by atoms with Gasteiger partial charge in [-0.15, -0.1) is 11.3 Å². The Morgan fingerprint density at radius 1 is 1.09 bits per heavy atom. The molecule has 1 N–H and O–H groups in total. The van der Waals surface area contributed by atoms with Crippen molar-refractivity contribution in [1.82, 2.24) is 10.2 Å². The zero-order valence-corrected chi connectivity index (χ0v) is 19.9. The highest BCUT2D eigenvalue weighted by atomic mass is 32.2. The lowest BCUT2D eigenvalue weighted by molar-refractivity contribution is -0.131. The van der Waals surface area contributed by atoms with Crippen LogP contribution in [0.1, 0.15) is 27.2 Å². The minimum absolute atomic E-state index is 0.00651. The number of hydrogen-bond donors (Lipinski definition) is 1. The summed E-state index contributed by atoms with van der Waals surface area (Å²) in [6, 6.07) is 16.7. The molecule has 2 amide bonds. The quantitative estimate of drug-likeness (QED) is 0.559. The summed E-state index contributed by atoms with van der Waals surface area (Å²) in [4.78, 5) is 28.3. The summed E-state index contributed by atoms with van der Waals surface area (Å²) >= 11 is 1.72. The Morgan fingerprint density at radius 3 is 2.67 bits per heavy atom. The summed E-state index contributed by atoms with van der Waals surface area (Å²) in [5.74, 6) is -0.422. The first-order valence-electron chi connectivity index (χ1n) is 10.6. The molecule has 0 spiro atoms. The maximum atomic E-state index is 13.0. The van der Waals surface area contributed by atoms with Gasteiger partial charge in [-0.3, -0.25) is 13.9 Å². The van der Waals surface area contributed by atoms with Crippen LogP contribution in [0.5, 0.6) is 0 Å². The molecule has 2 aromatic carbocycles. The average molecular weight is 484 g/mol. The lowest BCUT2D eigenvalue weighted by Crippen LogP contribution is -2.37. The first-order chi connectivity index (χ1) is 15.9. The third-order valence-electron chi connectivity index (χ3n) is 5.66. The number of sulfonamides is 1. The van der Waals surface area contributed by atoms with Crippen molar-refractivity contribution in [2.45, 2.75) is 24.3 Å². The van der Waals surface area contributed by atoms with E-state index >= 15 is 0 Å². The molecule has 3 aromatic rings. The summed E-state index contributed by atoms with van der Waals surface area (Å²) in [7, 11) is -2.35. The van der Waals surface area contributed by atoms with E-state index in [4.69, 9.17) is 0 Å². The largest absolute Gasteiger partial charge is 0.352 e. The van der Waals surface area contributed by atoms with Crippen molar-refractivity contribution in [2.24, 2.45) is 0 Å². The van der Waals surface area contributed by atoms with Crippen LogP contribution in [0, 0.1) is 0 Å². The Hall–Kier alpha value is -3.17. The number of nitrogens with zero attached hydrogens (tertiary/aromatic N) is 2. The van der Waals surface area contributed by atoms with E-state index in [9.17, 15) is 18.0 Å². The average Bonchev–Trinajstić information content (AvgIpc) is 3.32. The second-order valence-electron chi connectivity index (χ2n) is 7.78. The van der Waals surface area contributed by atoms with Crippen LogP contribution in [0.3, 0.4) is 0 Å². The Bertz CT molecular complexity index is 1260. The highest BCUT2D eigenvalue weighted by Crippen LogP contribution is 2.24. The van der Waals surface area contributed by atoms with Gasteiger partial charge in [0.05, 0.1) is 10.6 Å². The molecule has 172 valence electrons. The smallest absolute Gasteiger partial charge is 0.264 e. The van der Waals surface area contributed by atoms with Crippen LogP contribution < -0.4 is 9.62 Å².